The van der Waals surface area contributed by atoms with E-state index in [9.17, 15) is 18.0 Å². The number of benzene rings is 1. The van der Waals surface area contributed by atoms with E-state index in [1.165, 1.54) is 24.3 Å². The Morgan fingerprint density at radius 1 is 1.00 bits per heavy atom. The van der Waals surface area contributed by atoms with Crippen molar-refractivity contribution in [3.8, 4) is 0 Å². The molecule has 1 aromatic heterocycles. The van der Waals surface area contributed by atoms with Gasteiger partial charge < -0.3 is 4.42 Å². The van der Waals surface area contributed by atoms with E-state index >= 15 is 0 Å². The Bertz CT molecular complexity index is 868. The summed E-state index contributed by atoms with van der Waals surface area (Å²) in [7, 11) is -3.56. The van der Waals surface area contributed by atoms with Gasteiger partial charge >= 0.3 is 0 Å². The summed E-state index contributed by atoms with van der Waals surface area (Å²) in [4.78, 5) is 24.0. The molecule has 0 spiro atoms. The second kappa shape index (κ2) is 6.25. The minimum Gasteiger partial charge on any atom is -0.466 e. The van der Waals surface area contributed by atoms with Gasteiger partial charge in [-0.25, -0.2) is 8.42 Å². The van der Waals surface area contributed by atoms with Crippen molar-refractivity contribution in [2.45, 2.75) is 18.7 Å². The molecule has 0 fully saturated rings. The van der Waals surface area contributed by atoms with E-state index in [-0.39, 0.29) is 10.5 Å². The van der Waals surface area contributed by atoms with Crippen LogP contribution in [0.5, 0.6) is 0 Å². The summed E-state index contributed by atoms with van der Waals surface area (Å²) in [5.74, 6) is -0.283. The molecule has 0 aliphatic heterocycles. The average Bonchev–Trinajstić information content (AvgIpc) is 2.82. The summed E-state index contributed by atoms with van der Waals surface area (Å²) < 4.78 is 28.6. The van der Waals surface area contributed by atoms with Crippen molar-refractivity contribution < 1.29 is 22.4 Å². The average molecular weight is 336 g/mol. The smallest absolute Gasteiger partial charge is 0.273 e. The van der Waals surface area contributed by atoms with E-state index in [0.29, 0.717) is 17.1 Å². The molecule has 2 aromatic rings. The SMILES string of the molecule is Cc1cc(C(=O)NNC(=O)c2ccccc2S(C)(=O)=O)c(C)o1. The summed E-state index contributed by atoms with van der Waals surface area (Å²) in [6, 6.07) is 7.29. The summed E-state index contributed by atoms with van der Waals surface area (Å²) in [6.07, 6.45) is 1.01. The van der Waals surface area contributed by atoms with Crippen LogP contribution in [-0.4, -0.2) is 26.5 Å². The van der Waals surface area contributed by atoms with Crippen molar-refractivity contribution in [1.82, 2.24) is 10.9 Å². The molecule has 1 heterocycles. The maximum Gasteiger partial charge on any atom is 0.273 e. The van der Waals surface area contributed by atoms with E-state index < -0.39 is 21.7 Å². The van der Waals surface area contributed by atoms with Crippen molar-refractivity contribution in [3.63, 3.8) is 0 Å². The Labute approximate surface area is 133 Å². The molecule has 0 bridgehead atoms. The van der Waals surface area contributed by atoms with Gasteiger partial charge in [-0.15, -0.1) is 0 Å². The normalized spacial score (nSPS) is 11.1. The quantitative estimate of drug-likeness (QED) is 0.824. The molecule has 2 rings (SSSR count). The van der Waals surface area contributed by atoms with Gasteiger partial charge in [0.15, 0.2) is 9.84 Å². The summed E-state index contributed by atoms with van der Waals surface area (Å²) in [5.41, 5.74) is 4.68. The van der Waals surface area contributed by atoms with E-state index in [2.05, 4.69) is 10.9 Å². The van der Waals surface area contributed by atoms with Crippen LogP contribution in [0.3, 0.4) is 0 Å². The molecule has 7 nitrogen and oxygen atoms in total. The van der Waals surface area contributed by atoms with Gasteiger partial charge in [0.05, 0.1) is 16.0 Å². The highest BCUT2D eigenvalue weighted by atomic mass is 32.2. The first kappa shape index (κ1) is 16.8. The molecule has 0 saturated heterocycles. The number of carbonyl (C=O) groups excluding carboxylic acids is 2. The third-order valence-corrected chi connectivity index (χ3v) is 4.26. The Kier molecular flexibility index (Phi) is 4.55. The molecule has 0 unspecified atom stereocenters. The molecule has 0 aliphatic rings. The highest BCUT2D eigenvalue weighted by Gasteiger charge is 2.19. The monoisotopic (exact) mass is 336 g/mol. The molecule has 1 aromatic carbocycles. The molecule has 0 saturated carbocycles. The molecule has 0 radical (unpaired) electrons. The first-order valence-corrected chi connectivity index (χ1v) is 8.56. The fraction of sp³-hybridized carbons (Fsp3) is 0.200. The molecule has 0 atom stereocenters. The first-order valence-electron chi connectivity index (χ1n) is 6.67. The van der Waals surface area contributed by atoms with Crippen LogP contribution < -0.4 is 10.9 Å². The second-order valence-electron chi connectivity index (χ2n) is 5.00. The van der Waals surface area contributed by atoms with Gasteiger partial charge in [0.2, 0.25) is 0 Å². The van der Waals surface area contributed by atoms with E-state index in [4.69, 9.17) is 4.42 Å². The third-order valence-electron chi connectivity index (χ3n) is 3.11. The topological polar surface area (TPSA) is 105 Å². The van der Waals surface area contributed by atoms with Crippen molar-refractivity contribution in [3.05, 3.63) is 53.0 Å². The molecule has 23 heavy (non-hydrogen) atoms. The Balaban J connectivity index is 2.15. The highest BCUT2D eigenvalue weighted by Crippen LogP contribution is 2.15. The maximum atomic E-state index is 12.1. The zero-order valence-corrected chi connectivity index (χ0v) is 13.7. The minimum atomic E-state index is -3.56. The summed E-state index contributed by atoms with van der Waals surface area (Å²) in [5, 5.41) is 0. The predicted octanol–water partition coefficient (Wildman–Crippen LogP) is 1.37. The number of aryl methyl sites for hydroxylation is 2. The van der Waals surface area contributed by atoms with Crippen LogP contribution in [0.2, 0.25) is 0 Å². The lowest BCUT2D eigenvalue weighted by Crippen LogP contribution is -2.42. The molecule has 2 N–H and O–H groups in total. The molecule has 0 aliphatic carbocycles. The van der Waals surface area contributed by atoms with E-state index in [1.54, 1.807) is 19.9 Å². The lowest BCUT2D eigenvalue weighted by atomic mass is 10.2. The predicted molar refractivity (Wildman–Crippen MR) is 82.7 cm³/mol. The molecular weight excluding hydrogens is 320 g/mol. The third kappa shape index (κ3) is 3.78. The lowest BCUT2D eigenvalue weighted by Gasteiger charge is -2.09. The van der Waals surface area contributed by atoms with Crippen LogP contribution in [0.1, 0.15) is 32.2 Å². The molecule has 122 valence electrons. The van der Waals surface area contributed by atoms with E-state index in [1.807, 2.05) is 0 Å². The van der Waals surface area contributed by atoms with Crippen LogP contribution in [-0.2, 0) is 9.84 Å². The van der Waals surface area contributed by atoms with Crippen molar-refractivity contribution in [1.29, 1.82) is 0 Å². The van der Waals surface area contributed by atoms with Crippen LogP contribution in [0.25, 0.3) is 0 Å². The van der Waals surface area contributed by atoms with Crippen LogP contribution >= 0.6 is 0 Å². The number of nitrogens with one attached hydrogen (secondary N) is 2. The second-order valence-corrected chi connectivity index (χ2v) is 6.99. The lowest BCUT2D eigenvalue weighted by molar-refractivity contribution is 0.0844. The number of carbonyl (C=O) groups is 2. The number of sulfone groups is 1. The van der Waals surface area contributed by atoms with Crippen molar-refractivity contribution >= 4 is 21.7 Å². The van der Waals surface area contributed by atoms with Gasteiger partial charge in [-0.2, -0.15) is 0 Å². The zero-order valence-electron chi connectivity index (χ0n) is 12.8. The van der Waals surface area contributed by atoms with Crippen molar-refractivity contribution in [2.24, 2.45) is 0 Å². The maximum absolute atomic E-state index is 12.1. The van der Waals surface area contributed by atoms with Crippen molar-refractivity contribution in [2.75, 3.05) is 6.26 Å². The fourth-order valence-corrected chi connectivity index (χ4v) is 2.97. The number of hydrogen-bond acceptors (Lipinski definition) is 5. The highest BCUT2D eigenvalue weighted by molar-refractivity contribution is 7.90. The Hall–Kier alpha value is -2.61. The standard InChI is InChI=1S/C15H16N2O5S/c1-9-8-12(10(2)22-9)15(19)17-16-14(18)11-6-4-5-7-13(11)23(3,20)21/h4-8H,1-3H3,(H,16,18)(H,17,19). The molecular formula is C15H16N2O5S. The van der Waals surface area contributed by atoms with E-state index in [0.717, 1.165) is 6.26 Å². The summed E-state index contributed by atoms with van der Waals surface area (Å²) in [6.45, 7) is 3.33. The van der Waals surface area contributed by atoms with Gasteiger partial charge in [0.25, 0.3) is 11.8 Å². The van der Waals surface area contributed by atoms with Gasteiger partial charge in [0, 0.05) is 6.26 Å². The summed E-state index contributed by atoms with van der Waals surface area (Å²) >= 11 is 0. The van der Waals surface area contributed by atoms with Gasteiger partial charge in [-0.3, -0.25) is 20.4 Å². The number of hydrazine groups is 1. The molecule has 8 heteroatoms. The molecule has 2 amide bonds. The Morgan fingerprint density at radius 3 is 2.09 bits per heavy atom. The first-order chi connectivity index (χ1) is 10.7. The van der Waals surface area contributed by atoms with Crippen LogP contribution in [0.4, 0.5) is 0 Å². The van der Waals surface area contributed by atoms with Gasteiger partial charge in [-0.1, -0.05) is 12.1 Å². The number of amides is 2. The number of furan rings is 1. The minimum absolute atomic E-state index is 0.0459. The Morgan fingerprint density at radius 2 is 1.57 bits per heavy atom. The van der Waals surface area contributed by atoms with Gasteiger partial charge in [0.1, 0.15) is 11.5 Å². The number of hydrogen-bond donors (Lipinski definition) is 2. The van der Waals surface area contributed by atoms with Crippen LogP contribution in [0.15, 0.2) is 39.6 Å². The zero-order chi connectivity index (χ0) is 17.2. The fourth-order valence-electron chi connectivity index (χ4n) is 2.08. The number of rotatable bonds is 3. The van der Waals surface area contributed by atoms with Gasteiger partial charge in [-0.05, 0) is 32.0 Å². The van der Waals surface area contributed by atoms with Crippen LogP contribution in [0, 0.1) is 13.8 Å². The largest absolute Gasteiger partial charge is 0.466 e.